The van der Waals surface area contributed by atoms with Gasteiger partial charge in [-0.15, -0.1) is 0 Å². The van der Waals surface area contributed by atoms with E-state index in [1.807, 2.05) is 13.8 Å². The molecule has 1 saturated heterocycles. The van der Waals surface area contributed by atoms with E-state index in [9.17, 15) is 9.46 Å². The Morgan fingerprint density at radius 2 is 1.94 bits per heavy atom. The van der Waals surface area contributed by atoms with Crippen molar-refractivity contribution in [2.75, 3.05) is 6.61 Å². The SMILES string of the molecule is CC1(C)COP(=O)(O)O[C@H]1c1c(Cl)cccc1Cl. The molecule has 18 heavy (non-hydrogen) atoms. The Balaban J connectivity index is 2.49. The second-order valence-electron chi connectivity index (χ2n) is 4.85. The molecule has 1 fully saturated rings. The highest BCUT2D eigenvalue weighted by molar-refractivity contribution is 7.47. The van der Waals surface area contributed by atoms with E-state index in [0.29, 0.717) is 15.6 Å². The van der Waals surface area contributed by atoms with Crippen LogP contribution in [0.25, 0.3) is 0 Å². The largest absolute Gasteiger partial charge is 0.472 e. The van der Waals surface area contributed by atoms with Gasteiger partial charge in [0, 0.05) is 21.0 Å². The van der Waals surface area contributed by atoms with Crippen molar-refractivity contribution < 1.29 is 18.5 Å². The first-order valence-corrected chi connectivity index (χ1v) is 7.58. The molecule has 0 bridgehead atoms. The van der Waals surface area contributed by atoms with Gasteiger partial charge in [-0.25, -0.2) is 4.57 Å². The van der Waals surface area contributed by atoms with E-state index in [-0.39, 0.29) is 6.61 Å². The zero-order chi connectivity index (χ0) is 13.6. The van der Waals surface area contributed by atoms with Crippen LogP contribution in [0.2, 0.25) is 10.0 Å². The molecule has 2 rings (SSSR count). The molecule has 1 N–H and O–H groups in total. The van der Waals surface area contributed by atoms with Gasteiger partial charge in [0.15, 0.2) is 0 Å². The highest BCUT2D eigenvalue weighted by Gasteiger charge is 2.45. The van der Waals surface area contributed by atoms with E-state index in [2.05, 4.69) is 0 Å². The van der Waals surface area contributed by atoms with Crippen molar-refractivity contribution in [2.24, 2.45) is 5.41 Å². The number of rotatable bonds is 1. The highest BCUT2D eigenvalue weighted by Crippen LogP contribution is 2.59. The lowest BCUT2D eigenvalue weighted by atomic mass is 9.83. The predicted octanol–water partition coefficient (Wildman–Crippen LogP) is 4.21. The Hall–Kier alpha value is -0.0900. The van der Waals surface area contributed by atoms with Gasteiger partial charge < -0.3 is 4.89 Å². The van der Waals surface area contributed by atoms with E-state index in [0.717, 1.165) is 0 Å². The van der Waals surface area contributed by atoms with E-state index in [4.69, 9.17) is 32.2 Å². The minimum atomic E-state index is -4.05. The van der Waals surface area contributed by atoms with Crippen molar-refractivity contribution in [2.45, 2.75) is 20.0 Å². The van der Waals surface area contributed by atoms with Gasteiger partial charge in [0.2, 0.25) is 0 Å². The summed E-state index contributed by atoms with van der Waals surface area (Å²) in [6.07, 6.45) is -0.691. The van der Waals surface area contributed by atoms with Crippen molar-refractivity contribution in [1.82, 2.24) is 0 Å². The first-order valence-electron chi connectivity index (χ1n) is 5.32. The molecule has 0 aliphatic carbocycles. The summed E-state index contributed by atoms with van der Waals surface area (Å²) >= 11 is 12.2. The van der Waals surface area contributed by atoms with Crippen LogP contribution in [0.15, 0.2) is 18.2 Å². The zero-order valence-electron chi connectivity index (χ0n) is 9.89. The Kier molecular flexibility index (Phi) is 3.81. The fraction of sp³-hybridized carbons (Fsp3) is 0.455. The van der Waals surface area contributed by atoms with Gasteiger partial charge in [0.1, 0.15) is 6.10 Å². The van der Waals surface area contributed by atoms with Crippen LogP contribution in [0.4, 0.5) is 0 Å². The summed E-state index contributed by atoms with van der Waals surface area (Å²) in [5, 5.41) is 0.810. The first-order chi connectivity index (χ1) is 8.23. The third-order valence-electron chi connectivity index (χ3n) is 2.81. The summed E-state index contributed by atoms with van der Waals surface area (Å²) in [5.74, 6) is 0. The van der Waals surface area contributed by atoms with Gasteiger partial charge >= 0.3 is 7.82 Å². The van der Waals surface area contributed by atoms with Crippen molar-refractivity contribution >= 4 is 31.0 Å². The molecular weight excluding hydrogens is 298 g/mol. The quantitative estimate of drug-likeness (QED) is 0.789. The Bertz CT molecular complexity index is 498. The molecule has 0 aromatic heterocycles. The maximum Gasteiger partial charge on any atom is 0.472 e. The average Bonchev–Trinajstić information content (AvgIpc) is 2.23. The second-order valence-corrected chi connectivity index (χ2v) is 7.07. The maximum atomic E-state index is 11.6. The van der Waals surface area contributed by atoms with Gasteiger partial charge in [-0.2, -0.15) is 0 Å². The lowest BCUT2D eigenvalue weighted by Crippen LogP contribution is -2.33. The number of hydrogen-bond acceptors (Lipinski definition) is 3. The van der Waals surface area contributed by atoms with Crippen LogP contribution in [0.5, 0.6) is 0 Å². The second kappa shape index (κ2) is 4.78. The number of hydrogen-bond donors (Lipinski definition) is 1. The molecule has 1 aromatic rings. The number of phosphoric acid groups is 1. The predicted molar refractivity (Wildman–Crippen MR) is 69.8 cm³/mol. The summed E-state index contributed by atoms with van der Waals surface area (Å²) < 4.78 is 21.5. The fourth-order valence-corrected chi connectivity index (χ4v) is 3.64. The summed E-state index contributed by atoms with van der Waals surface area (Å²) in [7, 11) is -4.05. The van der Waals surface area contributed by atoms with Crippen molar-refractivity contribution in [3.05, 3.63) is 33.8 Å². The Morgan fingerprint density at radius 1 is 1.39 bits per heavy atom. The van der Waals surface area contributed by atoms with Gasteiger partial charge in [0.25, 0.3) is 0 Å². The van der Waals surface area contributed by atoms with E-state index in [1.54, 1.807) is 18.2 Å². The van der Waals surface area contributed by atoms with E-state index < -0.39 is 19.3 Å². The molecule has 0 radical (unpaired) electrons. The van der Waals surface area contributed by atoms with Crippen LogP contribution in [-0.4, -0.2) is 11.5 Å². The molecule has 100 valence electrons. The van der Waals surface area contributed by atoms with Gasteiger partial charge in [-0.1, -0.05) is 43.1 Å². The summed E-state index contributed by atoms with van der Waals surface area (Å²) in [6, 6.07) is 5.04. The smallest absolute Gasteiger partial charge is 0.302 e. The van der Waals surface area contributed by atoms with Crippen molar-refractivity contribution in [3.8, 4) is 0 Å². The summed E-state index contributed by atoms with van der Waals surface area (Å²) in [6.45, 7) is 3.81. The number of phosphoric ester groups is 1. The van der Waals surface area contributed by atoms with Crippen LogP contribution in [0.3, 0.4) is 0 Å². The van der Waals surface area contributed by atoms with Crippen molar-refractivity contribution in [1.29, 1.82) is 0 Å². The fourth-order valence-electron chi connectivity index (χ4n) is 1.83. The average molecular weight is 311 g/mol. The molecule has 0 saturated carbocycles. The monoisotopic (exact) mass is 310 g/mol. The molecule has 7 heteroatoms. The van der Waals surface area contributed by atoms with Gasteiger partial charge in [-0.05, 0) is 12.1 Å². The molecular formula is C11H13Cl2O4P. The minimum absolute atomic E-state index is 0.0903. The van der Waals surface area contributed by atoms with Gasteiger partial charge in [-0.3, -0.25) is 9.05 Å². The normalized spacial score (nSPS) is 31.3. The first kappa shape index (κ1) is 14.3. The Morgan fingerprint density at radius 3 is 2.50 bits per heavy atom. The molecule has 2 atom stereocenters. The van der Waals surface area contributed by atoms with Crippen LogP contribution < -0.4 is 0 Å². The standard InChI is InChI=1S/C11H13Cl2O4P/c1-11(2)6-16-18(14,15)17-10(11)9-7(12)4-3-5-8(9)13/h3-5,10H,6H2,1-2H3,(H,14,15)/t10-/m0/s1. The van der Waals surface area contributed by atoms with Crippen LogP contribution in [0, 0.1) is 5.41 Å². The summed E-state index contributed by atoms with van der Waals surface area (Å²) in [4.78, 5) is 9.45. The lowest BCUT2D eigenvalue weighted by molar-refractivity contribution is -0.0471. The van der Waals surface area contributed by atoms with Crippen LogP contribution in [0.1, 0.15) is 25.5 Å². The molecule has 1 heterocycles. The third-order valence-corrected chi connectivity index (χ3v) is 4.40. The maximum absolute atomic E-state index is 11.6. The van der Waals surface area contributed by atoms with Gasteiger partial charge in [0.05, 0.1) is 6.61 Å². The number of benzene rings is 1. The third kappa shape index (κ3) is 2.74. The topological polar surface area (TPSA) is 55.8 Å². The molecule has 1 aromatic carbocycles. The molecule has 1 unspecified atom stereocenters. The zero-order valence-corrected chi connectivity index (χ0v) is 12.3. The highest BCUT2D eigenvalue weighted by atomic mass is 35.5. The van der Waals surface area contributed by atoms with Crippen molar-refractivity contribution in [3.63, 3.8) is 0 Å². The lowest BCUT2D eigenvalue weighted by Gasteiger charge is -2.40. The molecule has 0 amide bonds. The number of halogens is 2. The van der Waals surface area contributed by atoms with Crippen LogP contribution >= 0.6 is 31.0 Å². The van der Waals surface area contributed by atoms with E-state index >= 15 is 0 Å². The molecule has 1 aliphatic rings. The molecule has 1 aliphatic heterocycles. The Labute approximate surface area is 115 Å². The minimum Gasteiger partial charge on any atom is -0.302 e. The molecule has 4 nitrogen and oxygen atoms in total. The van der Waals surface area contributed by atoms with Crippen LogP contribution in [-0.2, 0) is 13.6 Å². The summed E-state index contributed by atoms with van der Waals surface area (Å²) in [5.41, 5.74) is 0.00839. The molecule has 0 spiro atoms. The van der Waals surface area contributed by atoms with E-state index in [1.165, 1.54) is 0 Å².